The number of carbonyl (C=O) groups excluding carboxylic acids is 3. The number of carbonyl (C=O) groups is 3. The molecule has 0 aliphatic carbocycles. The number of rotatable bonds is 12. The number of benzene rings is 3. The van der Waals surface area contributed by atoms with E-state index >= 15 is 0 Å². The Labute approximate surface area is 225 Å². The molecule has 10 heteroatoms. The minimum atomic E-state index is -0.556. The van der Waals surface area contributed by atoms with E-state index in [9.17, 15) is 14.4 Å². The minimum absolute atomic E-state index is 0.237. The van der Waals surface area contributed by atoms with E-state index in [4.69, 9.17) is 25.8 Å². The third kappa shape index (κ3) is 8.63. The molecule has 0 saturated heterocycles. The zero-order valence-corrected chi connectivity index (χ0v) is 21.8. The zero-order valence-electron chi connectivity index (χ0n) is 21.0. The molecule has 3 aromatic carbocycles. The van der Waals surface area contributed by atoms with Crippen molar-refractivity contribution in [1.29, 1.82) is 0 Å². The monoisotopic (exact) mass is 537 g/mol. The molecule has 3 rings (SSSR count). The van der Waals surface area contributed by atoms with Crippen LogP contribution < -0.4 is 25.0 Å². The van der Waals surface area contributed by atoms with Gasteiger partial charge in [0.1, 0.15) is 5.75 Å². The van der Waals surface area contributed by atoms with Gasteiger partial charge in [-0.1, -0.05) is 18.5 Å². The van der Waals surface area contributed by atoms with Crippen LogP contribution in [0.4, 0.5) is 0 Å². The van der Waals surface area contributed by atoms with Crippen LogP contribution in [0.3, 0.4) is 0 Å². The molecule has 198 valence electrons. The number of halogens is 1. The van der Waals surface area contributed by atoms with Crippen molar-refractivity contribution in [3.8, 4) is 17.2 Å². The van der Waals surface area contributed by atoms with Crippen LogP contribution >= 0.6 is 11.6 Å². The van der Waals surface area contributed by atoms with Gasteiger partial charge in [0, 0.05) is 10.6 Å². The van der Waals surface area contributed by atoms with Gasteiger partial charge in [0.15, 0.2) is 11.5 Å². The lowest BCUT2D eigenvalue weighted by molar-refractivity contribution is -0.120. The number of hydrazone groups is 1. The molecular weight excluding hydrogens is 510 g/mol. The van der Waals surface area contributed by atoms with Crippen LogP contribution in [0.5, 0.6) is 17.2 Å². The van der Waals surface area contributed by atoms with Gasteiger partial charge in [0.2, 0.25) is 0 Å². The van der Waals surface area contributed by atoms with Crippen molar-refractivity contribution in [3.05, 3.63) is 88.4 Å². The van der Waals surface area contributed by atoms with Crippen molar-refractivity contribution in [2.75, 3.05) is 19.8 Å². The van der Waals surface area contributed by atoms with E-state index in [1.54, 1.807) is 73.7 Å². The standard InChI is InChI=1S/C28H28ClN3O6/c1-3-15-37-23-12-8-20(9-13-23)27(34)30-18-26(33)32-31-17-19-5-14-24(25(16-19)36-4-2)38-28(35)21-6-10-22(29)11-7-21/h5-14,16-17H,3-4,15,18H2,1-2H3,(H,30,34)(H,32,33)/b31-17-. The van der Waals surface area contributed by atoms with Gasteiger partial charge in [-0.3, -0.25) is 9.59 Å². The highest BCUT2D eigenvalue weighted by molar-refractivity contribution is 6.30. The van der Waals surface area contributed by atoms with Gasteiger partial charge in [-0.2, -0.15) is 5.10 Å². The molecule has 0 fully saturated rings. The highest BCUT2D eigenvalue weighted by Crippen LogP contribution is 2.29. The van der Waals surface area contributed by atoms with Crippen molar-refractivity contribution in [2.24, 2.45) is 5.10 Å². The first-order valence-electron chi connectivity index (χ1n) is 12.0. The second kappa shape index (κ2) is 14.4. The van der Waals surface area contributed by atoms with E-state index in [0.29, 0.717) is 46.4 Å². The van der Waals surface area contributed by atoms with E-state index in [-0.39, 0.29) is 12.3 Å². The van der Waals surface area contributed by atoms with Crippen molar-refractivity contribution in [1.82, 2.24) is 10.7 Å². The average Bonchev–Trinajstić information content (AvgIpc) is 2.92. The van der Waals surface area contributed by atoms with E-state index in [2.05, 4.69) is 15.8 Å². The fourth-order valence-electron chi connectivity index (χ4n) is 3.11. The summed E-state index contributed by atoms with van der Waals surface area (Å²) in [7, 11) is 0. The molecule has 0 radical (unpaired) electrons. The molecule has 0 unspecified atom stereocenters. The van der Waals surface area contributed by atoms with Crippen LogP contribution in [-0.2, 0) is 4.79 Å². The lowest BCUT2D eigenvalue weighted by Gasteiger charge is -2.11. The maximum Gasteiger partial charge on any atom is 0.343 e. The van der Waals surface area contributed by atoms with Gasteiger partial charge in [0.25, 0.3) is 11.8 Å². The summed E-state index contributed by atoms with van der Waals surface area (Å²) in [6, 6.07) is 17.8. The Morgan fingerprint density at radius 1 is 0.895 bits per heavy atom. The van der Waals surface area contributed by atoms with Crippen LogP contribution in [0.2, 0.25) is 5.02 Å². The number of hydrogen-bond acceptors (Lipinski definition) is 7. The molecular formula is C28H28ClN3O6. The molecule has 0 spiro atoms. The molecule has 2 amide bonds. The van der Waals surface area contributed by atoms with Crippen molar-refractivity contribution >= 4 is 35.6 Å². The maximum atomic E-state index is 12.4. The predicted molar refractivity (Wildman–Crippen MR) is 144 cm³/mol. The molecule has 2 N–H and O–H groups in total. The van der Waals surface area contributed by atoms with Crippen LogP contribution in [-0.4, -0.2) is 43.8 Å². The first-order valence-corrected chi connectivity index (χ1v) is 12.3. The summed E-state index contributed by atoms with van der Waals surface area (Å²) in [6.07, 6.45) is 2.29. The van der Waals surface area contributed by atoms with Crippen molar-refractivity contribution in [3.63, 3.8) is 0 Å². The highest BCUT2D eigenvalue weighted by atomic mass is 35.5. The summed E-state index contributed by atoms with van der Waals surface area (Å²) in [5.41, 5.74) is 3.70. The van der Waals surface area contributed by atoms with Crippen molar-refractivity contribution in [2.45, 2.75) is 20.3 Å². The zero-order chi connectivity index (χ0) is 27.3. The fraction of sp³-hybridized carbons (Fsp3) is 0.214. The minimum Gasteiger partial charge on any atom is -0.494 e. The van der Waals surface area contributed by atoms with Crippen LogP contribution in [0.25, 0.3) is 0 Å². The summed E-state index contributed by atoms with van der Waals surface area (Å²) in [5.74, 6) is -0.203. The fourth-order valence-corrected chi connectivity index (χ4v) is 3.23. The van der Waals surface area contributed by atoms with E-state index in [0.717, 1.165) is 6.42 Å². The first-order chi connectivity index (χ1) is 18.4. The van der Waals surface area contributed by atoms with Crippen LogP contribution in [0.15, 0.2) is 71.8 Å². The molecule has 0 bridgehead atoms. The number of nitrogens with one attached hydrogen (secondary N) is 2. The second-order valence-corrected chi connectivity index (χ2v) is 8.32. The molecule has 9 nitrogen and oxygen atoms in total. The van der Waals surface area contributed by atoms with Gasteiger partial charge < -0.3 is 19.5 Å². The third-order valence-corrected chi connectivity index (χ3v) is 5.20. The molecule has 0 atom stereocenters. The summed E-state index contributed by atoms with van der Waals surface area (Å²) in [5, 5.41) is 6.96. The van der Waals surface area contributed by atoms with Gasteiger partial charge >= 0.3 is 5.97 Å². The Bertz CT molecular complexity index is 1280. The third-order valence-electron chi connectivity index (χ3n) is 4.95. The maximum absolute atomic E-state index is 12.4. The quantitative estimate of drug-likeness (QED) is 0.151. The highest BCUT2D eigenvalue weighted by Gasteiger charge is 2.13. The molecule has 0 heterocycles. The Balaban J connectivity index is 1.52. The van der Waals surface area contributed by atoms with Crippen LogP contribution in [0, 0.1) is 0 Å². The summed E-state index contributed by atoms with van der Waals surface area (Å²) in [4.78, 5) is 36.8. The van der Waals surface area contributed by atoms with E-state index < -0.39 is 17.8 Å². The summed E-state index contributed by atoms with van der Waals surface area (Å²) < 4.78 is 16.5. The van der Waals surface area contributed by atoms with Crippen LogP contribution in [0.1, 0.15) is 46.5 Å². The van der Waals surface area contributed by atoms with Gasteiger partial charge in [-0.05, 0) is 85.6 Å². The first kappa shape index (κ1) is 28.2. The average molecular weight is 538 g/mol. The Morgan fingerprint density at radius 3 is 2.29 bits per heavy atom. The van der Waals surface area contributed by atoms with Gasteiger partial charge in [-0.15, -0.1) is 0 Å². The summed E-state index contributed by atoms with van der Waals surface area (Å²) >= 11 is 5.86. The second-order valence-electron chi connectivity index (χ2n) is 7.88. The van der Waals surface area contributed by atoms with Crippen molar-refractivity contribution < 1.29 is 28.6 Å². The SMILES string of the molecule is CCCOc1ccc(C(=O)NCC(=O)N/N=C\c2ccc(OC(=O)c3ccc(Cl)cc3)c(OCC)c2)cc1. The molecule has 0 saturated carbocycles. The number of hydrogen-bond donors (Lipinski definition) is 2. The molecule has 0 aliphatic rings. The summed E-state index contributed by atoms with van der Waals surface area (Å²) in [6.45, 7) is 4.50. The van der Waals surface area contributed by atoms with Gasteiger partial charge in [-0.25, -0.2) is 10.2 Å². The molecule has 0 aliphatic heterocycles. The molecule has 38 heavy (non-hydrogen) atoms. The number of ether oxygens (including phenoxy) is 3. The topological polar surface area (TPSA) is 115 Å². The molecule has 0 aromatic heterocycles. The number of esters is 1. The largest absolute Gasteiger partial charge is 0.494 e. The van der Waals surface area contributed by atoms with E-state index in [1.165, 1.54) is 6.21 Å². The lowest BCUT2D eigenvalue weighted by Crippen LogP contribution is -2.34. The smallest absolute Gasteiger partial charge is 0.343 e. The predicted octanol–water partition coefficient (Wildman–Crippen LogP) is 4.63. The van der Waals surface area contributed by atoms with E-state index in [1.807, 2.05) is 6.92 Å². The lowest BCUT2D eigenvalue weighted by atomic mass is 10.2. The molecule has 3 aromatic rings. The number of nitrogens with zero attached hydrogens (tertiary/aromatic N) is 1. The Kier molecular flexibility index (Phi) is 10.7. The van der Waals surface area contributed by atoms with Gasteiger partial charge in [0.05, 0.1) is 31.5 Å². The Morgan fingerprint density at radius 2 is 1.61 bits per heavy atom. The normalized spacial score (nSPS) is 10.6. The Hall–Kier alpha value is -4.37. The number of amides is 2.